The number of rotatable bonds is 8. The molecule has 1 heterocycles. The monoisotopic (exact) mass is 230 g/mol. The molecule has 1 unspecified atom stereocenters. The van der Waals surface area contributed by atoms with Gasteiger partial charge in [-0.05, 0) is 28.8 Å². The Labute approximate surface area is 94.3 Å². The molecule has 0 amide bonds. The van der Waals surface area contributed by atoms with Crippen molar-refractivity contribution in [2.24, 2.45) is 5.84 Å². The van der Waals surface area contributed by atoms with Crippen molar-refractivity contribution in [3.8, 4) is 0 Å². The number of ether oxygens (including phenoxy) is 2. The molecule has 1 rings (SSSR count). The first-order chi connectivity index (χ1) is 7.38. The zero-order valence-corrected chi connectivity index (χ0v) is 9.76. The largest absolute Gasteiger partial charge is 0.382 e. The van der Waals surface area contributed by atoms with Gasteiger partial charge in [-0.25, -0.2) is 0 Å². The fourth-order valence-electron chi connectivity index (χ4n) is 1.27. The summed E-state index contributed by atoms with van der Waals surface area (Å²) in [5.74, 6) is 5.48. The fourth-order valence-corrected chi connectivity index (χ4v) is 1.98. The van der Waals surface area contributed by atoms with Crippen LogP contribution in [0.1, 0.15) is 18.0 Å². The first-order valence-corrected chi connectivity index (χ1v) is 5.87. The Morgan fingerprint density at radius 2 is 2.33 bits per heavy atom. The van der Waals surface area contributed by atoms with E-state index in [9.17, 15) is 0 Å². The van der Waals surface area contributed by atoms with Gasteiger partial charge >= 0.3 is 0 Å². The van der Waals surface area contributed by atoms with Gasteiger partial charge in [0.1, 0.15) is 0 Å². The zero-order chi connectivity index (χ0) is 10.9. The standard InChI is InChI=1S/C10H18N2O2S/c1-13-5-6-14-4-2-10(12-11)9-3-7-15-8-9/h3,7-8,10,12H,2,4-6,11H2,1H3. The molecule has 0 bridgehead atoms. The van der Waals surface area contributed by atoms with Gasteiger partial charge in [0.25, 0.3) is 0 Å². The van der Waals surface area contributed by atoms with E-state index >= 15 is 0 Å². The van der Waals surface area contributed by atoms with Crippen molar-refractivity contribution in [3.63, 3.8) is 0 Å². The van der Waals surface area contributed by atoms with E-state index in [1.165, 1.54) is 5.56 Å². The van der Waals surface area contributed by atoms with Gasteiger partial charge in [0.2, 0.25) is 0 Å². The van der Waals surface area contributed by atoms with Crippen molar-refractivity contribution in [1.82, 2.24) is 5.43 Å². The Hall–Kier alpha value is -0.460. The molecular weight excluding hydrogens is 212 g/mol. The van der Waals surface area contributed by atoms with Crippen LogP contribution in [-0.2, 0) is 9.47 Å². The Morgan fingerprint density at radius 3 is 2.93 bits per heavy atom. The minimum atomic E-state index is 0.179. The third-order valence-corrected chi connectivity index (χ3v) is 2.83. The molecule has 0 spiro atoms. The molecule has 4 nitrogen and oxygen atoms in total. The van der Waals surface area contributed by atoms with Gasteiger partial charge in [-0.15, -0.1) is 0 Å². The lowest BCUT2D eigenvalue weighted by Crippen LogP contribution is -2.28. The van der Waals surface area contributed by atoms with E-state index in [-0.39, 0.29) is 6.04 Å². The average molecular weight is 230 g/mol. The van der Waals surface area contributed by atoms with Gasteiger partial charge in [0.15, 0.2) is 0 Å². The smallest absolute Gasteiger partial charge is 0.0700 e. The van der Waals surface area contributed by atoms with Crippen LogP contribution in [0.15, 0.2) is 16.8 Å². The lowest BCUT2D eigenvalue weighted by molar-refractivity contribution is 0.0658. The Balaban J connectivity index is 2.18. The molecule has 5 heteroatoms. The highest BCUT2D eigenvalue weighted by atomic mass is 32.1. The highest BCUT2D eigenvalue weighted by molar-refractivity contribution is 7.07. The lowest BCUT2D eigenvalue weighted by atomic mass is 10.1. The second-order valence-electron chi connectivity index (χ2n) is 3.17. The van der Waals surface area contributed by atoms with Crippen molar-refractivity contribution >= 4 is 11.3 Å². The predicted molar refractivity (Wildman–Crippen MR) is 61.7 cm³/mol. The molecule has 86 valence electrons. The van der Waals surface area contributed by atoms with E-state index in [0.29, 0.717) is 19.8 Å². The summed E-state index contributed by atoms with van der Waals surface area (Å²) < 4.78 is 10.3. The highest BCUT2D eigenvalue weighted by Gasteiger charge is 2.09. The van der Waals surface area contributed by atoms with E-state index < -0.39 is 0 Å². The van der Waals surface area contributed by atoms with Crippen molar-refractivity contribution in [1.29, 1.82) is 0 Å². The molecule has 1 aromatic rings. The fraction of sp³-hybridized carbons (Fsp3) is 0.600. The van der Waals surface area contributed by atoms with Crippen LogP contribution >= 0.6 is 11.3 Å². The van der Waals surface area contributed by atoms with E-state index in [2.05, 4.69) is 16.9 Å². The van der Waals surface area contributed by atoms with Crippen LogP contribution in [0.5, 0.6) is 0 Å². The second kappa shape index (κ2) is 7.78. The summed E-state index contributed by atoms with van der Waals surface area (Å²) in [7, 11) is 1.67. The Bertz CT molecular complexity index is 242. The number of thiophene rings is 1. The number of nitrogens with one attached hydrogen (secondary N) is 1. The van der Waals surface area contributed by atoms with E-state index in [0.717, 1.165) is 6.42 Å². The maximum atomic E-state index is 5.48. The second-order valence-corrected chi connectivity index (χ2v) is 3.95. The van der Waals surface area contributed by atoms with Crippen LogP contribution in [0, 0.1) is 0 Å². The SMILES string of the molecule is COCCOCCC(NN)c1ccsc1. The van der Waals surface area contributed by atoms with Gasteiger partial charge in [0.05, 0.1) is 13.2 Å². The van der Waals surface area contributed by atoms with Crippen molar-refractivity contribution in [2.75, 3.05) is 26.9 Å². The number of hydrogen-bond donors (Lipinski definition) is 2. The summed E-state index contributed by atoms with van der Waals surface area (Å²) in [6.07, 6.45) is 0.872. The molecule has 15 heavy (non-hydrogen) atoms. The molecule has 3 N–H and O–H groups in total. The van der Waals surface area contributed by atoms with Gasteiger partial charge in [0, 0.05) is 19.8 Å². The molecule has 0 saturated carbocycles. The molecule has 0 aromatic carbocycles. The third kappa shape index (κ3) is 4.72. The summed E-state index contributed by atoms with van der Waals surface area (Å²) in [6.45, 7) is 1.96. The van der Waals surface area contributed by atoms with E-state index in [1.807, 2.05) is 5.38 Å². The summed E-state index contributed by atoms with van der Waals surface area (Å²) in [5.41, 5.74) is 4.01. The molecule has 0 aliphatic heterocycles. The van der Waals surface area contributed by atoms with Crippen LogP contribution < -0.4 is 11.3 Å². The number of methoxy groups -OCH3 is 1. The van der Waals surface area contributed by atoms with E-state index in [4.69, 9.17) is 15.3 Å². The van der Waals surface area contributed by atoms with Gasteiger partial charge in [-0.1, -0.05) is 0 Å². The Morgan fingerprint density at radius 1 is 1.47 bits per heavy atom. The zero-order valence-electron chi connectivity index (χ0n) is 8.94. The molecular formula is C10H18N2O2S. The maximum Gasteiger partial charge on any atom is 0.0700 e. The van der Waals surface area contributed by atoms with Crippen LogP contribution in [-0.4, -0.2) is 26.9 Å². The molecule has 0 aliphatic carbocycles. The summed E-state index contributed by atoms with van der Waals surface area (Å²) in [6, 6.07) is 2.25. The number of hydrazine groups is 1. The molecule has 0 fully saturated rings. The van der Waals surface area contributed by atoms with Gasteiger partial charge in [-0.2, -0.15) is 11.3 Å². The van der Waals surface area contributed by atoms with Crippen LogP contribution in [0.4, 0.5) is 0 Å². The summed E-state index contributed by atoms with van der Waals surface area (Å²) in [4.78, 5) is 0. The summed E-state index contributed by atoms with van der Waals surface area (Å²) in [5, 5.41) is 4.14. The molecule has 1 aromatic heterocycles. The molecule has 0 aliphatic rings. The molecule has 1 atom stereocenters. The van der Waals surface area contributed by atoms with Crippen LogP contribution in [0.25, 0.3) is 0 Å². The van der Waals surface area contributed by atoms with Crippen molar-refractivity contribution in [3.05, 3.63) is 22.4 Å². The van der Waals surface area contributed by atoms with Gasteiger partial charge in [-0.3, -0.25) is 11.3 Å². The quantitative estimate of drug-likeness (QED) is 0.401. The first-order valence-electron chi connectivity index (χ1n) is 4.93. The predicted octanol–water partition coefficient (Wildman–Crippen LogP) is 1.31. The minimum Gasteiger partial charge on any atom is -0.382 e. The molecule has 0 radical (unpaired) electrons. The van der Waals surface area contributed by atoms with Crippen molar-refractivity contribution in [2.45, 2.75) is 12.5 Å². The summed E-state index contributed by atoms with van der Waals surface area (Å²) >= 11 is 1.67. The average Bonchev–Trinajstić information content (AvgIpc) is 2.77. The maximum absolute atomic E-state index is 5.48. The van der Waals surface area contributed by atoms with E-state index in [1.54, 1.807) is 18.4 Å². The Kier molecular flexibility index (Phi) is 6.54. The highest BCUT2D eigenvalue weighted by Crippen LogP contribution is 2.18. The lowest BCUT2D eigenvalue weighted by Gasteiger charge is -2.14. The number of hydrogen-bond acceptors (Lipinski definition) is 5. The van der Waals surface area contributed by atoms with Crippen molar-refractivity contribution < 1.29 is 9.47 Å². The van der Waals surface area contributed by atoms with Crippen LogP contribution in [0.3, 0.4) is 0 Å². The minimum absolute atomic E-state index is 0.179. The normalized spacial score (nSPS) is 12.9. The third-order valence-electron chi connectivity index (χ3n) is 2.13. The van der Waals surface area contributed by atoms with Gasteiger partial charge < -0.3 is 9.47 Å². The van der Waals surface area contributed by atoms with Crippen LogP contribution in [0.2, 0.25) is 0 Å². The molecule has 0 saturated heterocycles. The topological polar surface area (TPSA) is 56.5 Å². The number of nitrogens with two attached hydrogens (primary N) is 1. The first kappa shape index (κ1) is 12.6.